The van der Waals surface area contributed by atoms with Crippen LogP contribution in [0.15, 0.2) is 36.5 Å². The summed E-state index contributed by atoms with van der Waals surface area (Å²) in [4.78, 5) is 18.0. The largest absolute Gasteiger partial charge is 0.413 e. The van der Waals surface area contributed by atoms with E-state index < -0.39 is 39.8 Å². The van der Waals surface area contributed by atoms with Gasteiger partial charge in [0.1, 0.15) is 9.84 Å². The van der Waals surface area contributed by atoms with Crippen molar-refractivity contribution >= 4 is 21.4 Å². The number of halogens is 4. The van der Waals surface area contributed by atoms with Crippen LogP contribution in [0.1, 0.15) is 66.4 Å². The number of aromatic nitrogens is 3. The molecule has 38 heavy (non-hydrogen) atoms. The maximum absolute atomic E-state index is 14.2. The van der Waals surface area contributed by atoms with Gasteiger partial charge in [-0.3, -0.25) is 4.79 Å². The summed E-state index contributed by atoms with van der Waals surface area (Å²) in [7, 11) is -2.12. The fraction of sp³-hybridized carbons (Fsp3) is 0.500. The summed E-state index contributed by atoms with van der Waals surface area (Å²) in [6.45, 7) is 0. The highest BCUT2D eigenvalue weighted by molar-refractivity contribution is 7.91. The summed E-state index contributed by atoms with van der Waals surface area (Å²) in [6.07, 6.45) is -0.340. The predicted molar refractivity (Wildman–Crippen MR) is 130 cm³/mol. The number of hydrogen-bond donors (Lipinski definition) is 0. The Morgan fingerprint density at radius 2 is 1.82 bits per heavy atom. The molecule has 1 spiro atoms. The van der Waals surface area contributed by atoms with E-state index in [-0.39, 0.29) is 41.2 Å². The predicted octanol–water partition coefficient (Wildman–Crippen LogP) is 4.32. The van der Waals surface area contributed by atoms with Crippen molar-refractivity contribution in [3.63, 3.8) is 0 Å². The Labute approximate surface area is 216 Å². The highest BCUT2D eigenvalue weighted by Crippen LogP contribution is 2.61. The molecule has 0 N–H and O–H groups in total. The van der Waals surface area contributed by atoms with Crippen molar-refractivity contribution in [1.29, 1.82) is 0 Å². The first-order valence-electron chi connectivity index (χ1n) is 12.6. The number of carbonyl (C=O) groups is 1. The normalized spacial score (nSPS) is 22.9. The van der Waals surface area contributed by atoms with Crippen LogP contribution in [-0.2, 0) is 20.0 Å². The van der Waals surface area contributed by atoms with Crippen molar-refractivity contribution in [3.8, 4) is 0 Å². The van der Waals surface area contributed by atoms with Crippen LogP contribution in [0.3, 0.4) is 0 Å². The number of carbonyl (C=O) groups excluding carboxylic acids is 1. The Bertz CT molecular complexity index is 1520. The molecule has 12 heteroatoms. The van der Waals surface area contributed by atoms with Gasteiger partial charge < -0.3 is 4.90 Å². The minimum absolute atomic E-state index is 0.0271. The van der Waals surface area contributed by atoms with E-state index in [9.17, 15) is 30.8 Å². The molecule has 1 aromatic carbocycles. The first kappa shape index (κ1) is 25.3. The third-order valence-electron chi connectivity index (χ3n) is 8.41. The molecular formula is C26H26F4N4O3S. The van der Waals surface area contributed by atoms with Crippen LogP contribution in [0.25, 0.3) is 5.65 Å². The number of fused-ring (bicyclic) bond motifs is 4. The molecular weight excluding hydrogens is 524 g/mol. The number of nitrogens with zero attached hydrogens (tertiary/aromatic N) is 4. The fourth-order valence-corrected chi connectivity index (χ4v) is 7.78. The lowest BCUT2D eigenvalue weighted by Crippen LogP contribution is -2.44. The van der Waals surface area contributed by atoms with E-state index in [0.29, 0.717) is 10.5 Å². The van der Waals surface area contributed by atoms with E-state index in [4.69, 9.17) is 0 Å². The number of sulfone groups is 1. The number of rotatable bonds is 4. The highest BCUT2D eigenvalue weighted by atomic mass is 32.2. The van der Waals surface area contributed by atoms with Crippen LogP contribution in [0.4, 0.5) is 17.6 Å². The van der Waals surface area contributed by atoms with Crippen molar-refractivity contribution in [2.24, 2.45) is 5.92 Å². The zero-order chi connectivity index (χ0) is 27.0. The summed E-state index contributed by atoms with van der Waals surface area (Å²) in [5.41, 5.74) is 2.88. The summed E-state index contributed by atoms with van der Waals surface area (Å²) in [5, 5.41) is 3.99. The first-order valence-corrected chi connectivity index (χ1v) is 14.4. The van der Waals surface area contributed by atoms with Gasteiger partial charge >= 0.3 is 6.18 Å². The lowest BCUT2D eigenvalue weighted by atomic mass is 9.90. The van der Waals surface area contributed by atoms with Crippen LogP contribution >= 0.6 is 0 Å². The monoisotopic (exact) mass is 550 g/mol. The minimum atomic E-state index is -4.72. The van der Waals surface area contributed by atoms with Crippen molar-refractivity contribution in [2.45, 2.75) is 55.7 Å². The van der Waals surface area contributed by atoms with Crippen molar-refractivity contribution < 1.29 is 30.8 Å². The van der Waals surface area contributed by atoms with Crippen LogP contribution in [0.5, 0.6) is 0 Å². The van der Waals surface area contributed by atoms with Gasteiger partial charge in [-0.2, -0.15) is 17.6 Å². The van der Waals surface area contributed by atoms with Crippen molar-refractivity contribution in [1.82, 2.24) is 19.5 Å². The van der Waals surface area contributed by atoms with Crippen molar-refractivity contribution in [2.75, 3.05) is 18.6 Å². The zero-order valence-corrected chi connectivity index (χ0v) is 21.4. The molecule has 2 aromatic heterocycles. The Morgan fingerprint density at radius 3 is 2.42 bits per heavy atom. The van der Waals surface area contributed by atoms with Gasteiger partial charge in [-0.15, -0.1) is 5.10 Å². The van der Waals surface area contributed by atoms with Gasteiger partial charge in [-0.05, 0) is 43.2 Å². The summed E-state index contributed by atoms with van der Waals surface area (Å²) in [6, 6.07) is 5.24. The molecule has 1 amide bonds. The second kappa shape index (κ2) is 8.49. The molecule has 3 heterocycles. The van der Waals surface area contributed by atoms with E-state index >= 15 is 0 Å². The van der Waals surface area contributed by atoms with E-state index in [2.05, 4.69) is 10.1 Å². The third-order valence-corrected chi connectivity index (χ3v) is 10.1. The molecule has 7 nitrogen and oxygen atoms in total. The molecule has 1 aliphatic heterocycles. The molecule has 1 saturated carbocycles. The Balaban J connectivity index is 1.28. The van der Waals surface area contributed by atoms with E-state index in [1.807, 2.05) is 0 Å². The molecule has 6 rings (SSSR count). The van der Waals surface area contributed by atoms with Gasteiger partial charge in [0, 0.05) is 42.1 Å². The molecule has 0 radical (unpaired) electrons. The molecule has 3 aromatic rings. The quantitative estimate of drug-likeness (QED) is 0.452. The highest BCUT2D eigenvalue weighted by Gasteiger charge is 2.55. The van der Waals surface area contributed by atoms with E-state index in [1.54, 1.807) is 22.8 Å². The van der Waals surface area contributed by atoms with E-state index in [1.165, 1.54) is 18.2 Å². The van der Waals surface area contributed by atoms with Gasteiger partial charge in [0.15, 0.2) is 11.7 Å². The molecule has 2 aliphatic carbocycles. The molecule has 1 saturated heterocycles. The summed E-state index contributed by atoms with van der Waals surface area (Å²) < 4.78 is 81.5. The molecule has 0 bridgehead atoms. The third kappa shape index (κ3) is 4.17. The number of hydrogen-bond acceptors (Lipinski definition) is 5. The summed E-state index contributed by atoms with van der Waals surface area (Å²) in [5.74, 6) is -2.57. The molecule has 2 atom stereocenters. The Hall–Kier alpha value is -3.02. The minimum Gasteiger partial charge on any atom is -0.330 e. The second-order valence-electron chi connectivity index (χ2n) is 10.8. The molecule has 2 fully saturated rings. The SMILES string of the molecule is CN(C(=O)C1CCS(=O)(=O)CC1)[C@@H](c1ccc(C2CC3(CC3)c3c2cnc2cc(F)nn32)cc1)C(F)(F)F. The van der Waals surface area contributed by atoms with Crippen molar-refractivity contribution in [3.05, 3.63) is 64.9 Å². The van der Waals surface area contributed by atoms with Crippen LogP contribution in [0, 0.1) is 11.9 Å². The first-order chi connectivity index (χ1) is 17.9. The molecule has 1 unspecified atom stereocenters. The standard InChI is InChI=1S/C26H26F4N4O3S/c1-33(24(35)17-6-10-38(36,37)11-7-17)22(26(28,29)30)16-4-2-15(3-5-16)18-13-25(8-9-25)23-19(18)14-31-21-12-20(27)32-34(21)23/h2-5,12,14,17-18,22H,6-11,13H2,1H3/t18?,22-/m0/s1. The average molecular weight is 551 g/mol. The Kier molecular flexibility index (Phi) is 5.65. The number of benzene rings is 1. The second-order valence-corrected chi connectivity index (χ2v) is 13.1. The Morgan fingerprint density at radius 1 is 1.16 bits per heavy atom. The number of alkyl halides is 3. The van der Waals surface area contributed by atoms with Gasteiger partial charge in [0.2, 0.25) is 11.9 Å². The van der Waals surface area contributed by atoms with Gasteiger partial charge in [0.05, 0.1) is 17.2 Å². The zero-order valence-electron chi connectivity index (χ0n) is 20.6. The van der Waals surface area contributed by atoms with Gasteiger partial charge in [-0.1, -0.05) is 24.3 Å². The maximum Gasteiger partial charge on any atom is 0.413 e. The summed E-state index contributed by atoms with van der Waals surface area (Å²) >= 11 is 0. The van der Waals surface area contributed by atoms with Crippen LogP contribution in [0.2, 0.25) is 0 Å². The number of amides is 1. The smallest absolute Gasteiger partial charge is 0.330 e. The lowest BCUT2D eigenvalue weighted by molar-refractivity contribution is -0.190. The molecule has 202 valence electrons. The van der Waals surface area contributed by atoms with E-state index in [0.717, 1.165) is 43.1 Å². The van der Waals surface area contributed by atoms with Crippen LogP contribution in [-0.4, -0.2) is 58.6 Å². The average Bonchev–Trinajstić information content (AvgIpc) is 3.40. The topological polar surface area (TPSA) is 84.6 Å². The lowest BCUT2D eigenvalue weighted by Gasteiger charge is -2.34. The van der Waals surface area contributed by atoms with Gasteiger partial charge in [-0.25, -0.2) is 17.9 Å². The van der Waals surface area contributed by atoms with Crippen LogP contribution < -0.4 is 0 Å². The molecule has 3 aliphatic rings. The van der Waals surface area contributed by atoms with Gasteiger partial charge in [0.25, 0.3) is 0 Å². The fourth-order valence-electron chi connectivity index (χ4n) is 6.29. The maximum atomic E-state index is 14.2.